The minimum absolute atomic E-state index is 0.507. The molecule has 0 amide bonds. The van der Waals surface area contributed by atoms with Crippen LogP contribution in [0.2, 0.25) is 0 Å². The van der Waals surface area contributed by atoms with Crippen LogP contribution < -0.4 is 10.6 Å². The van der Waals surface area contributed by atoms with Gasteiger partial charge in [0.2, 0.25) is 5.95 Å². The Labute approximate surface area is 118 Å². The molecule has 104 valence electrons. The van der Waals surface area contributed by atoms with Crippen LogP contribution in [0.4, 0.5) is 11.8 Å². The summed E-state index contributed by atoms with van der Waals surface area (Å²) < 4.78 is 0. The van der Waals surface area contributed by atoms with E-state index in [-0.39, 0.29) is 0 Å². The first kappa shape index (κ1) is 12.8. The zero-order valence-electron chi connectivity index (χ0n) is 11.6. The summed E-state index contributed by atoms with van der Waals surface area (Å²) in [5.41, 5.74) is 1.96. The summed E-state index contributed by atoms with van der Waals surface area (Å²) in [5, 5.41) is 6.54. The molecule has 1 aliphatic rings. The average Bonchev–Trinajstić information content (AvgIpc) is 3.00. The van der Waals surface area contributed by atoms with E-state index >= 15 is 0 Å². The molecule has 20 heavy (non-hydrogen) atoms. The Morgan fingerprint density at radius 3 is 2.55 bits per heavy atom. The van der Waals surface area contributed by atoms with Gasteiger partial charge in [-0.05, 0) is 25.0 Å². The second-order valence-electron chi connectivity index (χ2n) is 5.07. The fourth-order valence-electron chi connectivity index (χ4n) is 2.56. The second-order valence-corrected chi connectivity index (χ2v) is 5.07. The molecule has 1 aliphatic carbocycles. The van der Waals surface area contributed by atoms with Crippen LogP contribution in [0.1, 0.15) is 25.7 Å². The van der Waals surface area contributed by atoms with Crippen molar-refractivity contribution in [1.82, 2.24) is 15.0 Å². The van der Waals surface area contributed by atoms with E-state index in [1.165, 1.54) is 25.7 Å². The molecular formula is C15H19N5. The number of hydrogen-bond acceptors (Lipinski definition) is 5. The lowest BCUT2D eigenvalue weighted by molar-refractivity contribution is 0.744. The zero-order valence-corrected chi connectivity index (χ0v) is 11.6. The molecule has 5 heteroatoms. The Balaban J connectivity index is 1.90. The van der Waals surface area contributed by atoms with Gasteiger partial charge in [0, 0.05) is 37.1 Å². The molecule has 3 rings (SSSR count). The topological polar surface area (TPSA) is 62.7 Å². The van der Waals surface area contributed by atoms with Crippen molar-refractivity contribution in [1.29, 1.82) is 0 Å². The third-order valence-corrected chi connectivity index (χ3v) is 3.65. The molecule has 2 heterocycles. The highest BCUT2D eigenvalue weighted by Crippen LogP contribution is 2.24. The molecule has 0 aliphatic heterocycles. The van der Waals surface area contributed by atoms with E-state index in [1.807, 2.05) is 25.2 Å². The normalized spacial score (nSPS) is 15.2. The highest BCUT2D eigenvalue weighted by Gasteiger charge is 2.16. The maximum absolute atomic E-state index is 4.63. The first-order valence-electron chi connectivity index (χ1n) is 7.09. The molecule has 2 N–H and O–H groups in total. The smallest absolute Gasteiger partial charge is 0.225 e. The van der Waals surface area contributed by atoms with E-state index in [4.69, 9.17) is 0 Å². The van der Waals surface area contributed by atoms with Gasteiger partial charge in [-0.2, -0.15) is 4.98 Å². The Bertz CT molecular complexity index is 564. The SMILES string of the molecule is CNc1cc(-c2ccncc2)nc(NC2CCCC2)n1. The highest BCUT2D eigenvalue weighted by atomic mass is 15.2. The summed E-state index contributed by atoms with van der Waals surface area (Å²) in [7, 11) is 1.87. The van der Waals surface area contributed by atoms with Crippen molar-refractivity contribution in [3.8, 4) is 11.3 Å². The van der Waals surface area contributed by atoms with Crippen molar-refractivity contribution in [2.24, 2.45) is 0 Å². The van der Waals surface area contributed by atoms with E-state index < -0.39 is 0 Å². The monoisotopic (exact) mass is 269 g/mol. The number of rotatable bonds is 4. The number of pyridine rings is 1. The van der Waals surface area contributed by atoms with Gasteiger partial charge in [-0.25, -0.2) is 4.98 Å². The zero-order chi connectivity index (χ0) is 13.8. The second kappa shape index (κ2) is 5.86. The van der Waals surface area contributed by atoms with Gasteiger partial charge in [0.05, 0.1) is 5.69 Å². The molecule has 5 nitrogen and oxygen atoms in total. The number of nitrogens with zero attached hydrogens (tertiary/aromatic N) is 3. The van der Waals surface area contributed by atoms with Gasteiger partial charge >= 0.3 is 0 Å². The molecule has 2 aromatic heterocycles. The van der Waals surface area contributed by atoms with E-state index in [0.29, 0.717) is 12.0 Å². The molecule has 0 spiro atoms. The van der Waals surface area contributed by atoms with E-state index in [0.717, 1.165) is 17.1 Å². The molecule has 2 aromatic rings. The predicted molar refractivity (Wildman–Crippen MR) is 80.7 cm³/mol. The molecule has 0 atom stereocenters. The molecule has 0 saturated heterocycles. The van der Waals surface area contributed by atoms with Crippen molar-refractivity contribution in [2.75, 3.05) is 17.7 Å². The molecular weight excluding hydrogens is 250 g/mol. The maximum atomic E-state index is 4.63. The standard InChI is InChI=1S/C15H19N5/c1-16-14-10-13(11-6-8-17-9-7-11)19-15(20-14)18-12-4-2-3-5-12/h6-10,12H,2-5H2,1H3,(H2,16,18,19,20). The maximum Gasteiger partial charge on any atom is 0.225 e. The fourth-order valence-corrected chi connectivity index (χ4v) is 2.56. The summed E-state index contributed by atoms with van der Waals surface area (Å²) >= 11 is 0. The van der Waals surface area contributed by atoms with Crippen LogP contribution in [0.25, 0.3) is 11.3 Å². The van der Waals surface area contributed by atoms with Crippen LogP contribution in [0, 0.1) is 0 Å². The van der Waals surface area contributed by atoms with Crippen LogP contribution in [0.5, 0.6) is 0 Å². The predicted octanol–water partition coefficient (Wildman–Crippen LogP) is 2.93. The third kappa shape index (κ3) is 2.87. The largest absolute Gasteiger partial charge is 0.373 e. The summed E-state index contributed by atoms with van der Waals surface area (Å²) in [6.07, 6.45) is 8.55. The Kier molecular flexibility index (Phi) is 3.76. The van der Waals surface area contributed by atoms with Crippen LogP contribution in [0.15, 0.2) is 30.6 Å². The van der Waals surface area contributed by atoms with Gasteiger partial charge in [0.25, 0.3) is 0 Å². The molecule has 1 fully saturated rings. The average molecular weight is 269 g/mol. The first-order valence-corrected chi connectivity index (χ1v) is 7.09. The minimum atomic E-state index is 0.507. The lowest BCUT2D eigenvalue weighted by atomic mass is 10.2. The Hall–Kier alpha value is -2.17. The van der Waals surface area contributed by atoms with Gasteiger partial charge in [-0.3, -0.25) is 4.98 Å². The molecule has 0 bridgehead atoms. The summed E-state index contributed by atoms with van der Waals surface area (Å²) in [4.78, 5) is 13.2. The van der Waals surface area contributed by atoms with Crippen molar-refractivity contribution in [3.05, 3.63) is 30.6 Å². The van der Waals surface area contributed by atoms with Crippen LogP contribution in [-0.4, -0.2) is 28.0 Å². The van der Waals surface area contributed by atoms with Gasteiger partial charge in [-0.1, -0.05) is 12.8 Å². The number of nitrogens with one attached hydrogen (secondary N) is 2. The van der Waals surface area contributed by atoms with Gasteiger partial charge < -0.3 is 10.6 Å². The van der Waals surface area contributed by atoms with Crippen molar-refractivity contribution >= 4 is 11.8 Å². The summed E-state index contributed by atoms with van der Waals surface area (Å²) in [5.74, 6) is 1.53. The van der Waals surface area contributed by atoms with Crippen LogP contribution in [0.3, 0.4) is 0 Å². The summed E-state index contributed by atoms with van der Waals surface area (Å²) in [6, 6.07) is 6.38. The quantitative estimate of drug-likeness (QED) is 0.893. The van der Waals surface area contributed by atoms with E-state index in [1.54, 1.807) is 12.4 Å². The van der Waals surface area contributed by atoms with Gasteiger partial charge in [0.1, 0.15) is 5.82 Å². The Morgan fingerprint density at radius 2 is 1.85 bits per heavy atom. The lowest BCUT2D eigenvalue weighted by Gasteiger charge is -2.14. The van der Waals surface area contributed by atoms with Crippen molar-refractivity contribution in [2.45, 2.75) is 31.7 Å². The number of aromatic nitrogens is 3. The van der Waals surface area contributed by atoms with Crippen LogP contribution >= 0.6 is 0 Å². The third-order valence-electron chi connectivity index (χ3n) is 3.65. The highest BCUT2D eigenvalue weighted by molar-refractivity contribution is 5.63. The van der Waals surface area contributed by atoms with Gasteiger partial charge in [-0.15, -0.1) is 0 Å². The molecule has 0 aromatic carbocycles. The van der Waals surface area contributed by atoms with Crippen molar-refractivity contribution in [3.63, 3.8) is 0 Å². The van der Waals surface area contributed by atoms with Crippen molar-refractivity contribution < 1.29 is 0 Å². The van der Waals surface area contributed by atoms with Crippen LogP contribution in [-0.2, 0) is 0 Å². The van der Waals surface area contributed by atoms with Gasteiger partial charge in [0.15, 0.2) is 0 Å². The molecule has 0 unspecified atom stereocenters. The first-order chi connectivity index (χ1) is 9.85. The van der Waals surface area contributed by atoms with E-state index in [9.17, 15) is 0 Å². The number of anilines is 2. The number of hydrogen-bond donors (Lipinski definition) is 2. The summed E-state index contributed by atoms with van der Waals surface area (Å²) in [6.45, 7) is 0. The minimum Gasteiger partial charge on any atom is -0.373 e. The Morgan fingerprint density at radius 1 is 1.10 bits per heavy atom. The molecule has 1 saturated carbocycles. The lowest BCUT2D eigenvalue weighted by Crippen LogP contribution is -2.17. The van der Waals surface area contributed by atoms with E-state index in [2.05, 4.69) is 25.6 Å². The molecule has 0 radical (unpaired) electrons. The fraction of sp³-hybridized carbons (Fsp3) is 0.400.